The average Bonchev–Trinajstić information content (AvgIpc) is 3.34. The second kappa shape index (κ2) is 7.99. The molecule has 0 aliphatic heterocycles. The van der Waals surface area contributed by atoms with E-state index in [9.17, 15) is 4.79 Å². The van der Waals surface area contributed by atoms with Crippen LogP contribution in [0, 0.1) is 6.92 Å². The summed E-state index contributed by atoms with van der Waals surface area (Å²) in [5.74, 6) is 1.30. The molecular formula is C20H23N3O3. The fourth-order valence-corrected chi connectivity index (χ4v) is 2.68. The molecule has 0 bridgehead atoms. The lowest BCUT2D eigenvalue weighted by Crippen LogP contribution is -2.39. The Hall–Kier alpha value is -2.89. The smallest absolute Gasteiger partial charge is 0.289 e. The van der Waals surface area contributed by atoms with Gasteiger partial charge >= 0.3 is 0 Å². The van der Waals surface area contributed by atoms with Crippen LogP contribution in [0.25, 0.3) is 11.4 Å². The van der Waals surface area contributed by atoms with Crippen molar-refractivity contribution in [3.05, 3.63) is 59.9 Å². The first-order valence-electron chi connectivity index (χ1n) is 8.82. The van der Waals surface area contributed by atoms with E-state index in [1.807, 2.05) is 38.1 Å². The number of aryl methyl sites for hydroxylation is 1. The van der Waals surface area contributed by atoms with Gasteiger partial charge in [-0.05, 0) is 32.4 Å². The summed E-state index contributed by atoms with van der Waals surface area (Å²) in [5.41, 5.74) is 2.09. The van der Waals surface area contributed by atoms with Gasteiger partial charge in [-0.15, -0.1) is 0 Å². The molecule has 0 unspecified atom stereocenters. The van der Waals surface area contributed by atoms with E-state index in [-0.39, 0.29) is 11.9 Å². The summed E-state index contributed by atoms with van der Waals surface area (Å²) in [6.45, 7) is 6.59. The Morgan fingerprint density at radius 3 is 2.65 bits per heavy atom. The minimum Gasteiger partial charge on any atom is -0.459 e. The van der Waals surface area contributed by atoms with Gasteiger partial charge in [-0.25, -0.2) is 0 Å². The predicted molar refractivity (Wildman–Crippen MR) is 97.7 cm³/mol. The van der Waals surface area contributed by atoms with Crippen LogP contribution < -0.4 is 0 Å². The Kier molecular flexibility index (Phi) is 5.51. The summed E-state index contributed by atoms with van der Waals surface area (Å²) >= 11 is 0. The van der Waals surface area contributed by atoms with Crippen LogP contribution in [0.15, 0.2) is 51.6 Å². The van der Waals surface area contributed by atoms with Crippen LogP contribution in [-0.4, -0.2) is 33.5 Å². The molecule has 0 aliphatic carbocycles. The molecule has 2 heterocycles. The van der Waals surface area contributed by atoms with Crippen LogP contribution in [-0.2, 0) is 6.42 Å². The number of rotatable bonds is 7. The fraction of sp³-hybridized carbons (Fsp3) is 0.350. The third kappa shape index (κ3) is 4.02. The molecule has 3 aromatic rings. The van der Waals surface area contributed by atoms with Crippen molar-refractivity contribution in [1.82, 2.24) is 15.0 Å². The highest BCUT2D eigenvalue weighted by Crippen LogP contribution is 2.17. The molecule has 6 heteroatoms. The van der Waals surface area contributed by atoms with E-state index >= 15 is 0 Å². The van der Waals surface area contributed by atoms with E-state index in [1.54, 1.807) is 17.0 Å². The van der Waals surface area contributed by atoms with Crippen molar-refractivity contribution in [2.45, 2.75) is 39.7 Å². The SMILES string of the molecule is CC[C@H](C)N(CCc1nc(-c2ccc(C)cc2)no1)C(=O)c1ccco1. The minimum atomic E-state index is -0.123. The summed E-state index contributed by atoms with van der Waals surface area (Å²) in [6.07, 6.45) is 2.86. The third-order valence-electron chi connectivity index (χ3n) is 4.46. The number of furan rings is 1. The van der Waals surface area contributed by atoms with Gasteiger partial charge in [0.1, 0.15) is 0 Å². The first-order valence-corrected chi connectivity index (χ1v) is 8.82. The summed E-state index contributed by atoms with van der Waals surface area (Å²) < 4.78 is 10.6. The topological polar surface area (TPSA) is 72.4 Å². The molecular weight excluding hydrogens is 330 g/mol. The molecule has 0 fully saturated rings. The maximum atomic E-state index is 12.7. The number of amides is 1. The molecule has 1 aromatic carbocycles. The van der Waals surface area contributed by atoms with Crippen molar-refractivity contribution in [2.75, 3.05) is 6.54 Å². The largest absolute Gasteiger partial charge is 0.459 e. The van der Waals surface area contributed by atoms with Gasteiger partial charge in [-0.1, -0.05) is 41.9 Å². The third-order valence-corrected chi connectivity index (χ3v) is 4.46. The lowest BCUT2D eigenvalue weighted by Gasteiger charge is -2.27. The van der Waals surface area contributed by atoms with E-state index in [4.69, 9.17) is 8.94 Å². The standard InChI is InChI=1S/C20H23N3O3/c1-4-15(3)23(20(24)17-6-5-13-25-17)12-11-18-21-19(22-26-18)16-9-7-14(2)8-10-16/h5-10,13,15H,4,11-12H2,1-3H3/t15-/m0/s1. The summed E-state index contributed by atoms with van der Waals surface area (Å²) in [7, 11) is 0. The van der Waals surface area contributed by atoms with Crippen molar-refractivity contribution in [3.63, 3.8) is 0 Å². The summed E-state index contributed by atoms with van der Waals surface area (Å²) in [5, 5.41) is 4.05. The van der Waals surface area contributed by atoms with Crippen LogP contribution >= 0.6 is 0 Å². The second-order valence-corrected chi connectivity index (χ2v) is 6.36. The van der Waals surface area contributed by atoms with Gasteiger partial charge < -0.3 is 13.8 Å². The van der Waals surface area contributed by atoms with E-state index in [0.717, 1.165) is 12.0 Å². The average molecular weight is 353 g/mol. The number of carbonyl (C=O) groups excluding carboxylic acids is 1. The zero-order valence-electron chi connectivity index (χ0n) is 15.3. The van der Waals surface area contributed by atoms with Gasteiger partial charge in [-0.2, -0.15) is 4.98 Å². The normalized spacial score (nSPS) is 12.1. The van der Waals surface area contributed by atoms with Crippen molar-refractivity contribution >= 4 is 5.91 Å². The fourth-order valence-electron chi connectivity index (χ4n) is 2.68. The number of carbonyl (C=O) groups is 1. The van der Waals surface area contributed by atoms with Gasteiger partial charge in [0.15, 0.2) is 5.76 Å². The molecule has 1 atom stereocenters. The van der Waals surface area contributed by atoms with E-state index in [1.165, 1.54) is 11.8 Å². The second-order valence-electron chi connectivity index (χ2n) is 6.36. The molecule has 0 aliphatic rings. The van der Waals surface area contributed by atoms with Crippen molar-refractivity contribution in [1.29, 1.82) is 0 Å². The number of hydrogen-bond acceptors (Lipinski definition) is 5. The molecule has 0 N–H and O–H groups in total. The van der Waals surface area contributed by atoms with Crippen molar-refractivity contribution in [2.24, 2.45) is 0 Å². The quantitative estimate of drug-likeness (QED) is 0.639. The van der Waals surface area contributed by atoms with Gasteiger partial charge in [0.25, 0.3) is 5.91 Å². The van der Waals surface area contributed by atoms with E-state index < -0.39 is 0 Å². The number of aromatic nitrogens is 2. The zero-order valence-corrected chi connectivity index (χ0v) is 15.3. The maximum Gasteiger partial charge on any atom is 0.289 e. The van der Waals surface area contributed by atoms with Gasteiger partial charge in [0.2, 0.25) is 11.7 Å². The monoisotopic (exact) mass is 353 g/mol. The minimum absolute atomic E-state index is 0.0899. The first-order chi connectivity index (χ1) is 12.6. The lowest BCUT2D eigenvalue weighted by atomic mass is 10.1. The Balaban J connectivity index is 1.69. The van der Waals surface area contributed by atoms with Crippen molar-refractivity contribution in [3.8, 4) is 11.4 Å². The Morgan fingerprint density at radius 2 is 2.00 bits per heavy atom. The Bertz CT molecular complexity index is 838. The number of nitrogens with zero attached hydrogens (tertiary/aromatic N) is 3. The number of hydrogen-bond donors (Lipinski definition) is 0. The summed E-state index contributed by atoms with van der Waals surface area (Å²) in [4.78, 5) is 18.9. The van der Waals surface area contributed by atoms with Gasteiger partial charge in [0, 0.05) is 24.6 Å². The maximum absolute atomic E-state index is 12.7. The van der Waals surface area contributed by atoms with Crippen molar-refractivity contribution < 1.29 is 13.7 Å². The molecule has 1 amide bonds. The van der Waals surface area contributed by atoms with Crippen LogP contribution in [0.3, 0.4) is 0 Å². The summed E-state index contributed by atoms with van der Waals surface area (Å²) in [6, 6.07) is 11.4. The molecule has 0 radical (unpaired) electrons. The molecule has 0 saturated carbocycles. The van der Waals surface area contributed by atoms with Crippen LogP contribution in [0.2, 0.25) is 0 Å². The van der Waals surface area contributed by atoms with Crippen LogP contribution in [0.4, 0.5) is 0 Å². The number of benzene rings is 1. The van der Waals surface area contributed by atoms with E-state index in [2.05, 4.69) is 17.1 Å². The molecule has 2 aromatic heterocycles. The first kappa shape index (κ1) is 17.9. The van der Waals surface area contributed by atoms with Gasteiger partial charge in [0.05, 0.1) is 6.26 Å². The molecule has 26 heavy (non-hydrogen) atoms. The molecule has 0 spiro atoms. The van der Waals surface area contributed by atoms with Crippen LogP contribution in [0.1, 0.15) is 42.3 Å². The molecule has 3 rings (SSSR count). The highest BCUT2D eigenvalue weighted by molar-refractivity contribution is 5.91. The lowest BCUT2D eigenvalue weighted by molar-refractivity contribution is 0.0654. The highest BCUT2D eigenvalue weighted by Gasteiger charge is 2.23. The molecule has 0 saturated heterocycles. The Morgan fingerprint density at radius 1 is 1.23 bits per heavy atom. The Labute approximate surface area is 152 Å². The molecule has 6 nitrogen and oxygen atoms in total. The molecule has 136 valence electrons. The zero-order chi connectivity index (χ0) is 18.5. The van der Waals surface area contributed by atoms with Gasteiger partial charge in [-0.3, -0.25) is 4.79 Å². The predicted octanol–water partition coefficient (Wildman–Crippen LogP) is 4.12. The van der Waals surface area contributed by atoms with E-state index in [0.29, 0.717) is 30.4 Å². The highest BCUT2D eigenvalue weighted by atomic mass is 16.5. The van der Waals surface area contributed by atoms with Crippen LogP contribution in [0.5, 0.6) is 0 Å².